The Balaban J connectivity index is 1.96. The van der Waals surface area contributed by atoms with Crippen LogP contribution in [-0.2, 0) is 4.79 Å². The fraction of sp³-hybridized carbons (Fsp3) is 0.348. The number of nitrogens with zero attached hydrogens (tertiary/aromatic N) is 1. The van der Waals surface area contributed by atoms with Crippen molar-refractivity contribution in [1.29, 1.82) is 0 Å². The van der Waals surface area contributed by atoms with Gasteiger partial charge >= 0.3 is 0 Å². The summed E-state index contributed by atoms with van der Waals surface area (Å²) in [6.45, 7) is 6.48. The number of benzene rings is 2. The predicted octanol–water partition coefficient (Wildman–Crippen LogP) is 5.21. The van der Waals surface area contributed by atoms with Gasteiger partial charge in [-0.1, -0.05) is 68.8 Å². The van der Waals surface area contributed by atoms with E-state index in [0.717, 1.165) is 11.1 Å². The Bertz CT molecular complexity index is 889. The second-order valence-electron chi connectivity index (χ2n) is 8.51. The lowest BCUT2D eigenvalue weighted by molar-refractivity contribution is -0.133. The van der Waals surface area contributed by atoms with E-state index in [2.05, 4.69) is 20.8 Å². The summed E-state index contributed by atoms with van der Waals surface area (Å²) < 4.78 is 14.4. The molecule has 3 rings (SSSR count). The van der Waals surface area contributed by atoms with Crippen molar-refractivity contribution in [2.45, 2.75) is 39.3 Å². The zero-order valence-corrected chi connectivity index (χ0v) is 17.2. The molecule has 0 aliphatic carbocycles. The summed E-state index contributed by atoms with van der Waals surface area (Å²) >= 11 is 6.08. The van der Waals surface area contributed by atoms with E-state index in [1.807, 2.05) is 36.4 Å². The summed E-state index contributed by atoms with van der Waals surface area (Å²) in [6, 6.07) is 13.3. The van der Waals surface area contributed by atoms with Gasteiger partial charge in [-0.05, 0) is 41.2 Å². The third-order valence-electron chi connectivity index (χ3n) is 4.88. The Kier molecular flexibility index (Phi) is 5.92. The molecule has 3 nitrogen and oxygen atoms in total. The molecule has 2 aromatic rings. The van der Waals surface area contributed by atoms with Crippen molar-refractivity contribution in [2.24, 2.45) is 11.1 Å². The van der Waals surface area contributed by atoms with Crippen LogP contribution in [0.25, 0.3) is 5.57 Å². The number of carbonyl (C=O) groups is 1. The van der Waals surface area contributed by atoms with Crippen LogP contribution < -0.4 is 5.73 Å². The van der Waals surface area contributed by atoms with Crippen LogP contribution in [0, 0.1) is 11.2 Å². The van der Waals surface area contributed by atoms with Gasteiger partial charge in [-0.25, -0.2) is 4.39 Å². The molecule has 0 radical (unpaired) electrons. The van der Waals surface area contributed by atoms with Gasteiger partial charge in [-0.3, -0.25) is 4.79 Å². The average molecular weight is 401 g/mol. The lowest BCUT2D eigenvalue weighted by atomic mass is 9.88. The van der Waals surface area contributed by atoms with Crippen molar-refractivity contribution in [3.63, 3.8) is 0 Å². The van der Waals surface area contributed by atoms with E-state index in [4.69, 9.17) is 17.3 Å². The molecule has 1 heterocycles. The molecule has 1 aliphatic rings. The first-order valence-corrected chi connectivity index (χ1v) is 9.80. The minimum Gasteiger partial charge on any atom is -0.326 e. The highest BCUT2D eigenvalue weighted by molar-refractivity contribution is 6.30. The van der Waals surface area contributed by atoms with Crippen LogP contribution in [0.3, 0.4) is 0 Å². The van der Waals surface area contributed by atoms with Gasteiger partial charge in [0, 0.05) is 17.1 Å². The molecule has 1 amide bonds. The summed E-state index contributed by atoms with van der Waals surface area (Å²) in [4.78, 5) is 14.9. The summed E-state index contributed by atoms with van der Waals surface area (Å²) in [6.07, 6.45) is 2.51. The van der Waals surface area contributed by atoms with E-state index in [0.29, 0.717) is 23.6 Å². The van der Waals surface area contributed by atoms with Gasteiger partial charge in [0.05, 0.1) is 12.1 Å². The van der Waals surface area contributed by atoms with Gasteiger partial charge in [0.1, 0.15) is 5.82 Å². The van der Waals surface area contributed by atoms with Gasteiger partial charge in [0.25, 0.3) is 0 Å². The fourth-order valence-electron chi connectivity index (χ4n) is 3.64. The maximum absolute atomic E-state index is 14.4. The van der Waals surface area contributed by atoms with Crippen molar-refractivity contribution < 1.29 is 9.18 Å². The Morgan fingerprint density at radius 2 is 1.93 bits per heavy atom. The van der Waals surface area contributed by atoms with Crippen molar-refractivity contribution >= 4 is 23.1 Å². The molecular formula is C23H26ClFN2O. The summed E-state index contributed by atoms with van der Waals surface area (Å²) in [5.74, 6) is -0.479. The van der Waals surface area contributed by atoms with Crippen molar-refractivity contribution in [1.82, 2.24) is 4.90 Å². The van der Waals surface area contributed by atoms with Gasteiger partial charge in [0.15, 0.2) is 0 Å². The third-order valence-corrected chi connectivity index (χ3v) is 5.12. The number of halogens is 2. The molecule has 0 fully saturated rings. The molecule has 0 saturated heterocycles. The van der Waals surface area contributed by atoms with Crippen LogP contribution in [0.4, 0.5) is 4.39 Å². The van der Waals surface area contributed by atoms with E-state index in [1.54, 1.807) is 11.0 Å². The van der Waals surface area contributed by atoms with E-state index in [1.165, 1.54) is 12.1 Å². The fourth-order valence-corrected chi connectivity index (χ4v) is 3.81. The maximum Gasteiger partial charge on any atom is 0.240 e. The Morgan fingerprint density at radius 1 is 1.25 bits per heavy atom. The summed E-state index contributed by atoms with van der Waals surface area (Å²) in [5.41, 5.74) is 8.32. The Labute approximate surface area is 171 Å². The SMILES string of the molecule is CC(C)(C)C[C@H](N)C(=O)N1CC(c2cc(Cl)ccc2F)=CC1c1ccccc1. The number of carbonyl (C=O) groups excluding carboxylic acids is 1. The van der Waals surface area contributed by atoms with Crippen LogP contribution in [0.1, 0.15) is 44.4 Å². The van der Waals surface area contributed by atoms with E-state index < -0.39 is 6.04 Å². The number of amides is 1. The normalized spacial score (nSPS) is 18.1. The monoisotopic (exact) mass is 400 g/mol. The minimum absolute atomic E-state index is 0.0631. The zero-order chi connectivity index (χ0) is 20.5. The van der Waals surface area contributed by atoms with E-state index >= 15 is 0 Å². The second kappa shape index (κ2) is 8.06. The van der Waals surface area contributed by atoms with Crippen molar-refractivity contribution in [3.8, 4) is 0 Å². The molecule has 5 heteroatoms. The zero-order valence-electron chi connectivity index (χ0n) is 16.5. The predicted molar refractivity (Wildman–Crippen MR) is 112 cm³/mol. The Hall–Kier alpha value is -2.17. The average Bonchev–Trinajstić information content (AvgIpc) is 3.07. The van der Waals surface area contributed by atoms with Crippen LogP contribution in [0.15, 0.2) is 54.6 Å². The van der Waals surface area contributed by atoms with Crippen LogP contribution >= 0.6 is 11.6 Å². The number of hydrogen-bond acceptors (Lipinski definition) is 2. The van der Waals surface area contributed by atoms with Gasteiger partial charge in [0.2, 0.25) is 5.91 Å². The van der Waals surface area contributed by atoms with Crippen LogP contribution in [0.5, 0.6) is 0 Å². The largest absolute Gasteiger partial charge is 0.326 e. The molecular weight excluding hydrogens is 375 g/mol. The molecule has 2 aromatic carbocycles. The van der Waals surface area contributed by atoms with Crippen molar-refractivity contribution in [2.75, 3.05) is 6.54 Å². The van der Waals surface area contributed by atoms with Gasteiger partial charge < -0.3 is 10.6 Å². The highest BCUT2D eigenvalue weighted by Crippen LogP contribution is 2.37. The number of nitrogens with two attached hydrogens (primary N) is 1. The Morgan fingerprint density at radius 3 is 2.57 bits per heavy atom. The molecule has 1 aliphatic heterocycles. The topological polar surface area (TPSA) is 46.3 Å². The quantitative estimate of drug-likeness (QED) is 0.765. The number of rotatable bonds is 4. The maximum atomic E-state index is 14.4. The van der Waals surface area contributed by atoms with Gasteiger partial charge in [-0.15, -0.1) is 0 Å². The second-order valence-corrected chi connectivity index (χ2v) is 8.95. The molecule has 1 unspecified atom stereocenters. The lowest BCUT2D eigenvalue weighted by Gasteiger charge is -2.30. The molecule has 2 atom stereocenters. The highest BCUT2D eigenvalue weighted by Gasteiger charge is 2.35. The summed E-state index contributed by atoms with van der Waals surface area (Å²) in [7, 11) is 0. The number of hydrogen-bond donors (Lipinski definition) is 1. The summed E-state index contributed by atoms with van der Waals surface area (Å²) in [5, 5.41) is 0.461. The molecule has 0 spiro atoms. The molecule has 2 N–H and O–H groups in total. The lowest BCUT2D eigenvalue weighted by Crippen LogP contribution is -2.45. The molecule has 0 bridgehead atoms. The van der Waals surface area contributed by atoms with E-state index in [9.17, 15) is 9.18 Å². The molecule has 0 aromatic heterocycles. The van der Waals surface area contributed by atoms with Crippen molar-refractivity contribution in [3.05, 3.63) is 76.6 Å². The highest BCUT2D eigenvalue weighted by atomic mass is 35.5. The molecule has 28 heavy (non-hydrogen) atoms. The van der Waals surface area contributed by atoms with Crippen LogP contribution in [-0.4, -0.2) is 23.4 Å². The third kappa shape index (κ3) is 4.62. The standard InChI is InChI=1S/C23H26ClFN2O/c1-23(2,3)13-20(26)22(28)27-14-16(18-12-17(24)9-10-19(18)25)11-21(27)15-7-5-4-6-8-15/h4-12,20-21H,13-14,26H2,1-3H3/t20-,21?/m0/s1. The smallest absolute Gasteiger partial charge is 0.240 e. The van der Waals surface area contributed by atoms with Crippen LogP contribution in [0.2, 0.25) is 5.02 Å². The molecule has 148 valence electrons. The first-order chi connectivity index (χ1) is 13.2. The van der Waals surface area contributed by atoms with E-state index in [-0.39, 0.29) is 23.2 Å². The molecule has 0 saturated carbocycles. The first kappa shape index (κ1) is 20.6. The first-order valence-electron chi connectivity index (χ1n) is 9.43. The minimum atomic E-state index is -0.608. The van der Waals surface area contributed by atoms with Gasteiger partial charge in [-0.2, -0.15) is 0 Å².